The molecule has 0 radical (unpaired) electrons. The minimum atomic E-state index is -0.677. The number of carbonyl (C=O) groups is 3. The molecule has 1 rings (SSSR count). The second kappa shape index (κ2) is 11.1. The van der Waals surface area contributed by atoms with Gasteiger partial charge in [-0.05, 0) is 36.5 Å². The SMILES string of the molecule is CCC[C@H](NC(=O)[C@@H](CC(=O)Cc1ccc(Br)cc1)CC(C)C)C(N)=O. The molecule has 0 spiro atoms. The summed E-state index contributed by atoms with van der Waals surface area (Å²) >= 11 is 3.37. The first kappa shape index (κ1) is 22.4. The molecule has 5 nitrogen and oxygen atoms in total. The van der Waals surface area contributed by atoms with Gasteiger partial charge in [0.05, 0.1) is 0 Å². The van der Waals surface area contributed by atoms with Gasteiger partial charge >= 0.3 is 0 Å². The number of nitrogens with one attached hydrogen (secondary N) is 1. The summed E-state index contributed by atoms with van der Waals surface area (Å²) in [6.45, 7) is 5.95. The van der Waals surface area contributed by atoms with Crippen LogP contribution in [0.4, 0.5) is 0 Å². The number of amides is 2. The van der Waals surface area contributed by atoms with E-state index in [1.165, 1.54) is 0 Å². The van der Waals surface area contributed by atoms with E-state index in [2.05, 4.69) is 21.2 Å². The average molecular weight is 425 g/mol. The number of nitrogens with two attached hydrogens (primary N) is 1. The summed E-state index contributed by atoms with van der Waals surface area (Å²) in [7, 11) is 0. The maximum Gasteiger partial charge on any atom is 0.239 e. The van der Waals surface area contributed by atoms with Crippen LogP contribution in [0.1, 0.15) is 52.0 Å². The van der Waals surface area contributed by atoms with Crippen molar-refractivity contribution in [3.63, 3.8) is 0 Å². The zero-order valence-electron chi connectivity index (χ0n) is 15.8. The van der Waals surface area contributed by atoms with Gasteiger partial charge in [0.1, 0.15) is 11.8 Å². The van der Waals surface area contributed by atoms with Gasteiger partial charge in [0.25, 0.3) is 0 Å². The number of benzene rings is 1. The summed E-state index contributed by atoms with van der Waals surface area (Å²) in [5.74, 6) is -0.967. The molecule has 2 amide bonds. The summed E-state index contributed by atoms with van der Waals surface area (Å²) in [6.07, 6.45) is 2.30. The van der Waals surface area contributed by atoms with Gasteiger partial charge in [0, 0.05) is 23.2 Å². The number of primary amides is 1. The lowest BCUT2D eigenvalue weighted by Gasteiger charge is -2.21. The molecule has 2 atom stereocenters. The van der Waals surface area contributed by atoms with Crippen molar-refractivity contribution in [2.24, 2.45) is 17.6 Å². The fourth-order valence-corrected chi connectivity index (χ4v) is 3.16. The first-order valence-corrected chi connectivity index (χ1v) is 9.88. The summed E-state index contributed by atoms with van der Waals surface area (Å²) < 4.78 is 0.958. The minimum absolute atomic E-state index is 0.0132. The van der Waals surface area contributed by atoms with E-state index in [1.807, 2.05) is 45.0 Å². The fraction of sp³-hybridized carbons (Fsp3) is 0.550. The van der Waals surface area contributed by atoms with E-state index in [0.717, 1.165) is 16.5 Å². The summed E-state index contributed by atoms with van der Waals surface area (Å²) in [4.78, 5) is 36.6. The number of halogens is 1. The first-order valence-electron chi connectivity index (χ1n) is 9.08. The van der Waals surface area contributed by atoms with Crippen LogP contribution in [0.5, 0.6) is 0 Å². The third-order valence-electron chi connectivity index (χ3n) is 4.15. The van der Waals surface area contributed by atoms with E-state index < -0.39 is 17.9 Å². The normalized spacial score (nSPS) is 13.3. The number of rotatable bonds is 11. The van der Waals surface area contributed by atoms with Crippen LogP contribution in [0.2, 0.25) is 0 Å². The largest absolute Gasteiger partial charge is 0.368 e. The van der Waals surface area contributed by atoms with Gasteiger partial charge in [-0.25, -0.2) is 0 Å². The van der Waals surface area contributed by atoms with Gasteiger partial charge < -0.3 is 11.1 Å². The molecule has 1 aromatic rings. The zero-order valence-corrected chi connectivity index (χ0v) is 17.3. The molecule has 0 saturated carbocycles. The van der Waals surface area contributed by atoms with Crippen LogP contribution in [0.3, 0.4) is 0 Å². The van der Waals surface area contributed by atoms with Crippen molar-refractivity contribution in [3.05, 3.63) is 34.3 Å². The molecule has 1 aromatic carbocycles. The molecule has 0 aromatic heterocycles. The van der Waals surface area contributed by atoms with Gasteiger partial charge in [-0.2, -0.15) is 0 Å². The Balaban J connectivity index is 2.75. The van der Waals surface area contributed by atoms with Gasteiger partial charge in [0.15, 0.2) is 0 Å². The minimum Gasteiger partial charge on any atom is -0.368 e. The molecule has 26 heavy (non-hydrogen) atoms. The highest BCUT2D eigenvalue weighted by Gasteiger charge is 2.26. The second-order valence-corrected chi connectivity index (χ2v) is 8.04. The summed E-state index contributed by atoms with van der Waals surface area (Å²) in [5.41, 5.74) is 6.28. The van der Waals surface area contributed by atoms with E-state index in [1.54, 1.807) is 0 Å². The molecule has 3 N–H and O–H groups in total. The Morgan fingerprint density at radius 2 is 1.77 bits per heavy atom. The highest BCUT2D eigenvalue weighted by atomic mass is 79.9. The average Bonchev–Trinajstić information content (AvgIpc) is 2.55. The van der Waals surface area contributed by atoms with E-state index in [4.69, 9.17) is 5.73 Å². The Hall–Kier alpha value is -1.69. The quantitative estimate of drug-likeness (QED) is 0.570. The zero-order chi connectivity index (χ0) is 19.7. The molecular formula is C20H29BrN2O3. The third kappa shape index (κ3) is 8.13. The molecule has 0 bridgehead atoms. The number of hydrogen-bond acceptors (Lipinski definition) is 3. The molecule has 0 saturated heterocycles. The van der Waals surface area contributed by atoms with E-state index in [0.29, 0.717) is 19.3 Å². The molecule has 0 fully saturated rings. The molecule has 0 aliphatic rings. The lowest BCUT2D eigenvalue weighted by molar-refractivity contribution is -0.132. The number of hydrogen-bond donors (Lipinski definition) is 2. The third-order valence-corrected chi connectivity index (χ3v) is 4.68. The maximum absolute atomic E-state index is 12.6. The highest BCUT2D eigenvalue weighted by molar-refractivity contribution is 9.10. The number of carbonyl (C=O) groups excluding carboxylic acids is 3. The summed E-state index contributed by atoms with van der Waals surface area (Å²) in [5, 5.41) is 2.73. The van der Waals surface area contributed by atoms with Gasteiger partial charge in [-0.1, -0.05) is 55.3 Å². The molecule has 0 aliphatic carbocycles. The topological polar surface area (TPSA) is 89.3 Å². The second-order valence-electron chi connectivity index (χ2n) is 7.12. The smallest absolute Gasteiger partial charge is 0.239 e. The van der Waals surface area contributed by atoms with Gasteiger partial charge in [0.2, 0.25) is 11.8 Å². The van der Waals surface area contributed by atoms with Crippen LogP contribution in [-0.2, 0) is 20.8 Å². The fourth-order valence-electron chi connectivity index (χ4n) is 2.89. The van der Waals surface area contributed by atoms with Crippen molar-refractivity contribution in [1.29, 1.82) is 0 Å². The van der Waals surface area contributed by atoms with Gasteiger partial charge in [-0.3, -0.25) is 14.4 Å². The van der Waals surface area contributed by atoms with E-state index >= 15 is 0 Å². The molecular weight excluding hydrogens is 396 g/mol. The molecule has 0 unspecified atom stereocenters. The lowest BCUT2D eigenvalue weighted by Crippen LogP contribution is -2.47. The molecule has 0 aliphatic heterocycles. The highest BCUT2D eigenvalue weighted by Crippen LogP contribution is 2.19. The van der Waals surface area contributed by atoms with Crippen LogP contribution < -0.4 is 11.1 Å². The van der Waals surface area contributed by atoms with Crippen molar-refractivity contribution in [3.8, 4) is 0 Å². The Morgan fingerprint density at radius 1 is 1.15 bits per heavy atom. The Kier molecular flexibility index (Phi) is 9.55. The lowest BCUT2D eigenvalue weighted by atomic mass is 9.89. The molecule has 6 heteroatoms. The van der Waals surface area contributed by atoms with Crippen molar-refractivity contribution >= 4 is 33.5 Å². The van der Waals surface area contributed by atoms with Crippen LogP contribution in [-0.4, -0.2) is 23.6 Å². The van der Waals surface area contributed by atoms with Crippen LogP contribution >= 0.6 is 15.9 Å². The van der Waals surface area contributed by atoms with Crippen molar-refractivity contribution in [2.45, 2.75) is 58.9 Å². The van der Waals surface area contributed by atoms with Gasteiger partial charge in [-0.15, -0.1) is 0 Å². The van der Waals surface area contributed by atoms with E-state index in [-0.39, 0.29) is 24.0 Å². The number of Topliss-reactive ketones (excluding diaryl/α,β-unsaturated/α-hetero) is 1. The summed E-state index contributed by atoms with van der Waals surface area (Å²) in [6, 6.07) is 6.89. The van der Waals surface area contributed by atoms with E-state index in [9.17, 15) is 14.4 Å². The maximum atomic E-state index is 12.6. The molecule has 0 heterocycles. The molecule has 144 valence electrons. The first-order chi connectivity index (χ1) is 12.2. The predicted octanol–water partition coefficient (Wildman–Crippen LogP) is 3.38. The van der Waals surface area contributed by atoms with Crippen molar-refractivity contribution in [2.75, 3.05) is 0 Å². The van der Waals surface area contributed by atoms with Crippen molar-refractivity contribution in [1.82, 2.24) is 5.32 Å². The Labute approximate surface area is 164 Å². The Morgan fingerprint density at radius 3 is 2.27 bits per heavy atom. The monoisotopic (exact) mass is 424 g/mol. The van der Waals surface area contributed by atoms with Crippen LogP contribution in [0.15, 0.2) is 28.7 Å². The van der Waals surface area contributed by atoms with Crippen molar-refractivity contribution < 1.29 is 14.4 Å². The Bertz CT molecular complexity index is 614. The van der Waals surface area contributed by atoms with Crippen LogP contribution in [0, 0.1) is 11.8 Å². The van der Waals surface area contributed by atoms with Crippen LogP contribution in [0.25, 0.3) is 0 Å². The number of ketones is 1. The predicted molar refractivity (Wildman–Crippen MR) is 106 cm³/mol. The standard InChI is InChI=1S/C20H29BrN2O3/c1-4-5-18(19(22)25)23-20(26)15(10-13(2)3)12-17(24)11-14-6-8-16(21)9-7-14/h6-9,13,15,18H,4-5,10-12H2,1-3H3,(H2,22,25)(H,23,26)/t15-,18+/m1/s1.